The van der Waals surface area contributed by atoms with Crippen molar-refractivity contribution in [2.45, 2.75) is 103 Å². The van der Waals surface area contributed by atoms with Crippen molar-refractivity contribution in [2.24, 2.45) is 0 Å². The third-order valence-corrected chi connectivity index (χ3v) is 6.41. The van der Waals surface area contributed by atoms with E-state index in [-0.39, 0.29) is 11.6 Å². The van der Waals surface area contributed by atoms with E-state index in [1.165, 1.54) is 72.9 Å². The van der Waals surface area contributed by atoms with E-state index in [1.54, 1.807) is 0 Å². The molecule has 0 aliphatic rings. The van der Waals surface area contributed by atoms with Gasteiger partial charge in [0.2, 0.25) is 0 Å². The fourth-order valence-electron chi connectivity index (χ4n) is 4.60. The second-order valence-corrected chi connectivity index (χ2v) is 10.8. The van der Waals surface area contributed by atoms with Crippen LogP contribution >= 0.6 is 0 Å². The van der Waals surface area contributed by atoms with Crippen LogP contribution in [0.15, 0.2) is 54.6 Å². The predicted octanol–water partition coefficient (Wildman–Crippen LogP) is 9.39. The summed E-state index contributed by atoms with van der Waals surface area (Å²) in [6.07, 6.45) is 14.1. The Balaban J connectivity index is 1.19. The molecule has 3 aromatic rings. The molecule has 0 heterocycles. The molecule has 0 bridgehead atoms. The average Bonchev–Trinajstić information content (AvgIpc) is 2.82. The van der Waals surface area contributed by atoms with Crippen LogP contribution in [0.4, 0.5) is 0 Å². The maximum absolute atomic E-state index is 11.7. The van der Waals surface area contributed by atoms with Gasteiger partial charge in [-0.3, -0.25) is 4.79 Å². The Morgan fingerprint density at radius 1 is 0.657 bits per heavy atom. The van der Waals surface area contributed by atoms with Crippen molar-refractivity contribution in [1.82, 2.24) is 0 Å². The van der Waals surface area contributed by atoms with E-state index in [0.29, 0.717) is 6.42 Å². The lowest BCUT2D eigenvalue weighted by Gasteiger charge is -2.19. The minimum atomic E-state index is -0.364. The highest BCUT2D eigenvalue weighted by molar-refractivity contribution is 6.00. The molecule has 190 valence electrons. The highest BCUT2D eigenvalue weighted by atomic mass is 16.6. The van der Waals surface area contributed by atoms with Crippen molar-refractivity contribution < 1.29 is 14.3 Å². The van der Waals surface area contributed by atoms with Crippen LogP contribution in [0.5, 0.6) is 5.75 Å². The van der Waals surface area contributed by atoms with Gasteiger partial charge in [-0.25, -0.2) is 0 Å². The molecule has 3 heteroatoms. The molecule has 3 aromatic carbocycles. The Kier molecular flexibility index (Phi) is 10.9. The average molecular weight is 477 g/mol. The third-order valence-electron chi connectivity index (χ3n) is 6.41. The van der Waals surface area contributed by atoms with E-state index < -0.39 is 0 Å². The number of carbonyl (C=O) groups is 1. The molecule has 0 aliphatic carbocycles. The van der Waals surface area contributed by atoms with Gasteiger partial charge in [-0.15, -0.1) is 0 Å². The third kappa shape index (κ3) is 9.92. The summed E-state index contributed by atoms with van der Waals surface area (Å²) in [5, 5.41) is 4.98. The van der Waals surface area contributed by atoms with Crippen LogP contribution in [-0.2, 0) is 9.53 Å². The molecule has 0 aliphatic heterocycles. The lowest BCUT2D eigenvalue weighted by molar-refractivity contribution is -0.154. The van der Waals surface area contributed by atoms with Crippen molar-refractivity contribution in [3.8, 4) is 5.75 Å². The van der Waals surface area contributed by atoms with Gasteiger partial charge in [0.15, 0.2) is 0 Å². The summed E-state index contributed by atoms with van der Waals surface area (Å²) in [7, 11) is 0. The van der Waals surface area contributed by atoms with E-state index in [0.717, 1.165) is 31.6 Å². The van der Waals surface area contributed by atoms with E-state index in [1.807, 2.05) is 20.8 Å². The van der Waals surface area contributed by atoms with Crippen LogP contribution in [-0.4, -0.2) is 18.2 Å². The highest BCUT2D eigenvalue weighted by Gasteiger charge is 2.15. The lowest BCUT2D eigenvalue weighted by atomic mass is 10.0. The zero-order valence-electron chi connectivity index (χ0n) is 22.1. The summed E-state index contributed by atoms with van der Waals surface area (Å²) in [6.45, 7) is 6.56. The smallest absolute Gasteiger partial charge is 0.306 e. The molecule has 0 radical (unpaired) electrons. The Bertz CT molecular complexity index is 1050. The van der Waals surface area contributed by atoms with Gasteiger partial charge in [0.25, 0.3) is 0 Å². The van der Waals surface area contributed by atoms with Crippen LogP contribution in [0.2, 0.25) is 0 Å². The van der Waals surface area contributed by atoms with E-state index in [2.05, 4.69) is 54.6 Å². The van der Waals surface area contributed by atoms with Crippen molar-refractivity contribution in [2.75, 3.05) is 6.61 Å². The Hall–Kier alpha value is -2.55. The number of hydrogen-bond acceptors (Lipinski definition) is 3. The standard InChI is InChI=1S/C32H44O3/c1-32(2,3)35-31(33)22-13-11-9-7-5-4-6-8-10-12-16-23-34-30-21-17-20-28-24-26-18-14-15-19-27(26)25-29(28)30/h14-15,17-21,24-25H,4-13,16,22-23H2,1-3H3. The predicted molar refractivity (Wildman–Crippen MR) is 148 cm³/mol. The number of carbonyl (C=O) groups excluding carboxylic acids is 1. The number of benzene rings is 3. The number of hydrogen-bond donors (Lipinski definition) is 0. The number of esters is 1. The molecule has 0 spiro atoms. The Labute approximate surface area is 212 Å². The fourth-order valence-corrected chi connectivity index (χ4v) is 4.60. The second kappa shape index (κ2) is 14.1. The first kappa shape index (κ1) is 27.0. The summed E-state index contributed by atoms with van der Waals surface area (Å²) in [5.41, 5.74) is -0.364. The molecule has 0 fully saturated rings. The number of fused-ring (bicyclic) bond motifs is 2. The fraction of sp³-hybridized carbons (Fsp3) is 0.531. The van der Waals surface area contributed by atoms with Crippen LogP contribution in [0.1, 0.15) is 97.8 Å². The molecule has 35 heavy (non-hydrogen) atoms. The quantitative estimate of drug-likeness (QED) is 0.124. The monoisotopic (exact) mass is 476 g/mol. The first-order valence-corrected chi connectivity index (χ1v) is 13.7. The largest absolute Gasteiger partial charge is 0.493 e. The molecular weight excluding hydrogens is 432 g/mol. The topological polar surface area (TPSA) is 35.5 Å². The van der Waals surface area contributed by atoms with E-state index in [9.17, 15) is 4.79 Å². The van der Waals surface area contributed by atoms with Gasteiger partial charge < -0.3 is 9.47 Å². The summed E-state index contributed by atoms with van der Waals surface area (Å²) in [5.74, 6) is 0.938. The lowest BCUT2D eigenvalue weighted by Crippen LogP contribution is -2.23. The van der Waals surface area contributed by atoms with Crippen LogP contribution < -0.4 is 4.74 Å². The van der Waals surface area contributed by atoms with Gasteiger partial charge in [-0.05, 0) is 68.0 Å². The number of ether oxygens (including phenoxy) is 2. The molecule has 3 rings (SSSR count). The van der Waals surface area contributed by atoms with Crippen LogP contribution in [0, 0.1) is 0 Å². The van der Waals surface area contributed by atoms with Crippen molar-refractivity contribution >= 4 is 27.5 Å². The van der Waals surface area contributed by atoms with Gasteiger partial charge in [0.1, 0.15) is 11.4 Å². The van der Waals surface area contributed by atoms with Gasteiger partial charge >= 0.3 is 5.97 Å². The van der Waals surface area contributed by atoms with Gasteiger partial charge in [-0.2, -0.15) is 0 Å². The van der Waals surface area contributed by atoms with Crippen LogP contribution in [0.3, 0.4) is 0 Å². The maximum atomic E-state index is 11.7. The molecule has 0 saturated carbocycles. The van der Waals surface area contributed by atoms with Gasteiger partial charge in [0, 0.05) is 11.8 Å². The minimum absolute atomic E-state index is 0.0614. The van der Waals surface area contributed by atoms with Gasteiger partial charge in [-0.1, -0.05) is 94.2 Å². The summed E-state index contributed by atoms with van der Waals surface area (Å²) in [4.78, 5) is 11.7. The van der Waals surface area contributed by atoms with Crippen LogP contribution in [0.25, 0.3) is 21.5 Å². The molecule has 0 aromatic heterocycles. The summed E-state index contributed by atoms with van der Waals surface area (Å²) < 4.78 is 11.5. The molecule has 0 N–H and O–H groups in total. The zero-order chi connectivity index (χ0) is 24.9. The maximum Gasteiger partial charge on any atom is 0.306 e. The summed E-state index contributed by atoms with van der Waals surface area (Å²) >= 11 is 0. The SMILES string of the molecule is CC(C)(C)OC(=O)CCCCCCCCCCCCCOc1cccc2cc3ccccc3cc12. The zero-order valence-corrected chi connectivity index (χ0v) is 22.1. The molecular formula is C32H44O3. The molecule has 0 amide bonds. The first-order chi connectivity index (χ1) is 16.9. The number of unbranched alkanes of at least 4 members (excludes halogenated alkanes) is 10. The van der Waals surface area contributed by atoms with E-state index in [4.69, 9.17) is 9.47 Å². The summed E-state index contributed by atoms with van der Waals surface area (Å²) in [6, 6.07) is 19.4. The number of rotatable bonds is 15. The second-order valence-electron chi connectivity index (χ2n) is 10.8. The molecule has 0 saturated heterocycles. The minimum Gasteiger partial charge on any atom is -0.493 e. The van der Waals surface area contributed by atoms with Crippen molar-refractivity contribution in [3.63, 3.8) is 0 Å². The molecule has 3 nitrogen and oxygen atoms in total. The normalized spacial score (nSPS) is 11.7. The van der Waals surface area contributed by atoms with E-state index >= 15 is 0 Å². The highest BCUT2D eigenvalue weighted by Crippen LogP contribution is 2.30. The molecule has 0 unspecified atom stereocenters. The van der Waals surface area contributed by atoms with Gasteiger partial charge in [0.05, 0.1) is 6.61 Å². The first-order valence-electron chi connectivity index (χ1n) is 13.7. The van der Waals surface area contributed by atoms with Crippen molar-refractivity contribution in [1.29, 1.82) is 0 Å². The Morgan fingerprint density at radius 2 is 1.20 bits per heavy atom. The Morgan fingerprint density at radius 3 is 1.83 bits per heavy atom. The van der Waals surface area contributed by atoms with Crippen molar-refractivity contribution in [3.05, 3.63) is 54.6 Å². The molecule has 0 atom stereocenters.